The van der Waals surface area contributed by atoms with E-state index in [1.807, 2.05) is 0 Å². The van der Waals surface area contributed by atoms with Crippen molar-refractivity contribution in [1.82, 2.24) is 0 Å². The van der Waals surface area contributed by atoms with Crippen molar-refractivity contribution in [3.8, 4) is 0 Å². The summed E-state index contributed by atoms with van der Waals surface area (Å²) >= 11 is 5.60. The van der Waals surface area contributed by atoms with E-state index in [0.29, 0.717) is 0 Å². The van der Waals surface area contributed by atoms with Crippen LogP contribution in [0.5, 0.6) is 0 Å². The molecule has 1 aromatic carbocycles. The minimum atomic E-state index is -4.59. The molecule has 0 saturated heterocycles. The van der Waals surface area contributed by atoms with Crippen LogP contribution in [0.1, 0.15) is 18.1 Å². The van der Waals surface area contributed by atoms with E-state index in [4.69, 9.17) is 17.3 Å². The van der Waals surface area contributed by atoms with Gasteiger partial charge < -0.3 is 10.8 Å². The van der Waals surface area contributed by atoms with Gasteiger partial charge in [-0.1, -0.05) is 17.7 Å². The number of benzene rings is 1. The molecule has 104 valence electrons. The average Bonchev–Trinajstić information content (AvgIpc) is 2.15. The normalized spacial score (nSPS) is 14.8. The summed E-state index contributed by atoms with van der Waals surface area (Å²) in [6.07, 6.45) is -6.80. The number of aliphatic hydroxyl groups is 1. The first-order valence-corrected chi connectivity index (χ1v) is 5.05. The van der Waals surface area contributed by atoms with E-state index in [0.717, 1.165) is 18.2 Å². The fourth-order valence-electron chi connectivity index (χ4n) is 1.27. The molecule has 18 heavy (non-hydrogen) atoms. The van der Waals surface area contributed by atoms with Crippen LogP contribution in [0.25, 0.3) is 0 Å². The molecule has 8 heteroatoms. The van der Waals surface area contributed by atoms with E-state index in [1.54, 1.807) is 0 Å². The van der Waals surface area contributed by atoms with Gasteiger partial charge in [-0.3, -0.25) is 0 Å². The largest absolute Gasteiger partial charge is 0.403 e. The third-order valence-electron chi connectivity index (χ3n) is 2.22. The Hall–Kier alpha value is -0.560. The smallest absolute Gasteiger partial charge is 0.388 e. The van der Waals surface area contributed by atoms with Crippen LogP contribution in [0.15, 0.2) is 18.2 Å². The lowest BCUT2D eigenvalue weighted by molar-refractivity contribution is -0.153. The molecule has 0 aromatic heterocycles. The molecule has 0 bridgehead atoms. The Morgan fingerprint density at radius 3 is 2.33 bits per heavy atom. The highest BCUT2D eigenvalue weighted by Crippen LogP contribution is 2.30. The fraction of sp³-hybridized carbons (Fsp3) is 0.400. The van der Waals surface area contributed by atoms with Gasteiger partial charge in [0.05, 0.1) is 6.10 Å². The van der Waals surface area contributed by atoms with E-state index < -0.39 is 30.6 Å². The van der Waals surface area contributed by atoms with Crippen LogP contribution in [0.2, 0.25) is 5.02 Å². The summed E-state index contributed by atoms with van der Waals surface area (Å²) in [5.41, 5.74) is 4.89. The molecule has 0 heterocycles. The number of hydrogen-bond donors (Lipinski definition) is 2. The first-order chi connectivity index (χ1) is 7.71. The van der Waals surface area contributed by atoms with Crippen molar-refractivity contribution in [2.24, 2.45) is 5.73 Å². The van der Waals surface area contributed by atoms with Crippen molar-refractivity contribution >= 4 is 24.0 Å². The zero-order valence-corrected chi connectivity index (χ0v) is 10.5. The second kappa shape index (κ2) is 6.56. The van der Waals surface area contributed by atoms with E-state index in [2.05, 4.69) is 0 Å². The summed E-state index contributed by atoms with van der Waals surface area (Å²) in [7, 11) is 0. The van der Waals surface area contributed by atoms with Crippen LogP contribution in [-0.4, -0.2) is 17.3 Å². The number of halogens is 6. The van der Waals surface area contributed by atoms with Gasteiger partial charge in [-0.2, -0.15) is 13.2 Å². The average molecular weight is 308 g/mol. The molecule has 0 radical (unpaired) electrons. The van der Waals surface area contributed by atoms with Crippen LogP contribution in [0.4, 0.5) is 17.6 Å². The van der Waals surface area contributed by atoms with Crippen molar-refractivity contribution in [2.45, 2.75) is 24.7 Å². The maximum atomic E-state index is 12.7. The molecule has 0 aliphatic heterocycles. The lowest BCUT2D eigenvalue weighted by Gasteiger charge is -2.19. The molecule has 3 N–H and O–H groups in total. The zero-order valence-electron chi connectivity index (χ0n) is 8.92. The molecule has 0 saturated carbocycles. The Bertz CT molecular complexity index is 400. The lowest BCUT2D eigenvalue weighted by Crippen LogP contribution is -2.38. The van der Waals surface area contributed by atoms with Crippen LogP contribution in [0.3, 0.4) is 0 Å². The summed E-state index contributed by atoms with van der Waals surface area (Å²) in [4.78, 5) is 0. The number of rotatable bonds is 3. The third-order valence-corrected chi connectivity index (χ3v) is 2.55. The standard InChI is InChI=1S/C10H10ClF4NO.ClH/c11-7-3-5(12)1-2-6(7)8(17)4-9(16)10(13,14)15;/h1-3,8-9,17H,4,16H2;1H/t8-,9-;/m0./s1. The van der Waals surface area contributed by atoms with Crippen molar-refractivity contribution in [2.75, 3.05) is 0 Å². The third kappa shape index (κ3) is 4.61. The zero-order chi connectivity index (χ0) is 13.2. The predicted molar refractivity (Wildman–Crippen MR) is 62.3 cm³/mol. The maximum absolute atomic E-state index is 12.7. The van der Waals surface area contributed by atoms with Gasteiger partial charge in [0.15, 0.2) is 0 Å². The highest BCUT2D eigenvalue weighted by Gasteiger charge is 2.38. The van der Waals surface area contributed by atoms with Crippen molar-refractivity contribution in [3.63, 3.8) is 0 Å². The molecule has 0 aliphatic carbocycles. The molecule has 0 spiro atoms. The molecular weight excluding hydrogens is 297 g/mol. The van der Waals surface area contributed by atoms with Crippen molar-refractivity contribution in [3.05, 3.63) is 34.6 Å². The van der Waals surface area contributed by atoms with Gasteiger partial charge in [0.1, 0.15) is 11.9 Å². The van der Waals surface area contributed by atoms with Crippen LogP contribution in [-0.2, 0) is 0 Å². The topological polar surface area (TPSA) is 46.2 Å². The molecule has 1 rings (SSSR count). The minimum Gasteiger partial charge on any atom is -0.388 e. The molecule has 0 unspecified atom stereocenters. The van der Waals surface area contributed by atoms with Gasteiger partial charge in [0.25, 0.3) is 0 Å². The molecule has 0 amide bonds. The summed E-state index contributed by atoms with van der Waals surface area (Å²) < 4.78 is 49.2. The highest BCUT2D eigenvalue weighted by atomic mass is 35.5. The highest BCUT2D eigenvalue weighted by molar-refractivity contribution is 6.31. The minimum absolute atomic E-state index is 0. The first-order valence-electron chi connectivity index (χ1n) is 4.67. The fourth-order valence-corrected chi connectivity index (χ4v) is 1.57. The monoisotopic (exact) mass is 307 g/mol. The van der Waals surface area contributed by atoms with E-state index in [1.165, 1.54) is 0 Å². The second-order valence-electron chi connectivity index (χ2n) is 3.57. The van der Waals surface area contributed by atoms with Crippen molar-refractivity contribution < 1.29 is 22.7 Å². The number of alkyl halides is 3. The summed E-state index contributed by atoms with van der Waals surface area (Å²) in [5.74, 6) is -0.633. The Labute approximate surface area is 112 Å². The number of nitrogens with two attached hydrogens (primary N) is 1. The summed E-state index contributed by atoms with van der Waals surface area (Å²) in [6, 6.07) is 0.896. The van der Waals surface area contributed by atoms with Crippen LogP contribution in [0, 0.1) is 5.82 Å². The molecule has 1 aromatic rings. The van der Waals surface area contributed by atoms with Gasteiger partial charge >= 0.3 is 6.18 Å². The predicted octanol–water partition coefficient (Wildman–Crippen LogP) is 3.21. The second-order valence-corrected chi connectivity index (χ2v) is 3.97. The van der Waals surface area contributed by atoms with Crippen molar-refractivity contribution in [1.29, 1.82) is 0 Å². The van der Waals surface area contributed by atoms with Crippen LogP contribution >= 0.6 is 24.0 Å². The Balaban J connectivity index is 0.00000289. The Kier molecular flexibility index (Phi) is 6.36. The molecule has 2 atom stereocenters. The Morgan fingerprint density at radius 2 is 1.89 bits per heavy atom. The SMILES string of the molecule is Cl.N[C@@H](C[C@H](O)c1ccc(F)cc1Cl)C(F)(F)F. The van der Waals surface area contributed by atoms with Gasteiger partial charge in [0.2, 0.25) is 0 Å². The quantitative estimate of drug-likeness (QED) is 0.842. The lowest BCUT2D eigenvalue weighted by atomic mass is 10.0. The van der Waals surface area contributed by atoms with E-state index >= 15 is 0 Å². The van der Waals surface area contributed by atoms with Gasteiger partial charge in [-0.05, 0) is 17.7 Å². The number of hydrogen-bond acceptors (Lipinski definition) is 2. The van der Waals surface area contributed by atoms with Gasteiger partial charge in [-0.25, -0.2) is 4.39 Å². The molecule has 0 fully saturated rings. The first kappa shape index (κ1) is 17.4. The van der Waals surface area contributed by atoms with E-state index in [9.17, 15) is 22.7 Å². The molecular formula is C10H11Cl2F4NO. The van der Waals surface area contributed by atoms with E-state index in [-0.39, 0.29) is 23.0 Å². The molecule has 2 nitrogen and oxygen atoms in total. The summed E-state index contributed by atoms with van der Waals surface area (Å²) in [5, 5.41) is 9.41. The van der Waals surface area contributed by atoms with Gasteiger partial charge in [-0.15, -0.1) is 12.4 Å². The number of aliphatic hydroxyl groups excluding tert-OH is 1. The van der Waals surface area contributed by atoms with Gasteiger partial charge in [0, 0.05) is 11.4 Å². The van der Waals surface area contributed by atoms with Crippen LogP contribution < -0.4 is 5.73 Å². The summed E-state index contributed by atoms with van der Waals surface area (Å²) in [6.45, 7) is 0. The molecule has 0 aliphatic rings. The Morgan fingerprint density at radius 1 is 1.33 bits per heavy atom. The maximum Gasteiger partial charge on any atom is 0.403 e.